The van der Waals surface area contributed by atoms with Gasteiger partial charge in [0, 0.05) is 0 Å². The van der Waals surface area contributed by atoms with E-state index in [9.17, 15) is 4.79 Å². The number of carboxylic acid groups (broad SMARTS) is 1. The first-order valence-electron chi connectivity index (χ1n) is 7.59. The van der Waals surface area contributed by atoms with Crippen molar-refractivity contribution >= 4 is 18.3 Å². The van der Waals surface area contributed by atoms with Crippen LogP contribution in [0.1, 0.15) is 11.1 Å². The van der Waals surface area contributed by atoms with Crippen LogP contribution in [0.3, 0.4) is 0 Å². The van der Waals surface area contributed by atoms with Gasteiger partial charge in [-0.25, -0.2) is 4.79 Å². The first-order chi connectivity index (χ1) is 12.5. The second kappa shape index (κ2) is 8.66. The molecule has 0 spiro atoms. The average molecular weight is 360 g/mol. The molecule has 0 bridgehead atoms. The Morgan fingerprint density at radius 3 is 1.81 bits per heavy atom. The van der Waals surface area contributed by atoms with E-state index in [0.29, 0.717) is 23.0 Å². The van der Waals surface area contributed by atoms with Gasteiger partial charge in [0.2, 0.25) is 5.75 Å². The van der Waals surface area contributed by atoms with Gasteiger partial charge in [-0.2, -0.15) is 0 Å². The summed E-state index contributed by atoms with van der Waals surface area (Å²) in [5, 5.41) is 8.81. The molecule has 1 N–H and O–H groups in total. The standard InChI is InChI=1S/C19H20O7/c1-22-14-8-7-12(9-15(14)26-19(20)21)5-6-13-10-16(23-2)18(25-4)17(11-13)24-3/h5-11H,1-4H3,(H,20,21)/b6-5-. The number of hydrogen-bond donors (Lipinski definition) is 1. The highest BCUT2D eigenvalue weighted by Gasteiger charge is 2.12. The molecule has 0 radical (unpaired) electrons. The Balaban J connectivity index is 2.36. The Morgan fingerprint density at radius 1 is 0.769 bits per heavy atom. The summed E-state index contributed by atoms with van der Waals surface area (Å²) in [6, 6.07) is 8.59. The predicted octanol–water partition coefficient (Wildman–Crippen LogP) is 3.95. The molecule has 7 nitrogen and oxygen atoms in total. The molecule has 7 heteroatoms. The predicted molar refractivity (Wildman–Crippen MR) is 96.7 cm³/mol. The van der Waals surface area contributed by atoms with E-state index in [0.717, 1.165) is 11.1 Å². The molecule has 0 fully saturated rings. The van der Waals surface area contributed by atoms with E-state index in [1.165, 1.54) is 14.2 Å². The maximum absolute atomic E-state index is 10.8. The van der Waals surface area contributed by atoms with Crippen LogP contribution in [-0.4, -0.2) is 39.7 Å². The topological polar surface area (TPSA) is 83.5 Å². The number of methoxy groups -OCH3 is 4. The number of benzene rings is 2. The minimum Gasteiger partial charge on any atom is -0.493 e. The van der Waals surface area contributed by atoms with E-state index < -0.39 is 6.16 Å². The minimum absolute atomic E-state index is 0.118. The largest absolute Gasteiger partial charge is 0.511 e. The first kappa shape index (κ1) is 19.0. The highest BCUT2D eigenvalue weighted by molar-refractivity contribution is 5.74. The summed E-state index contributed by atoms with van der Waals surface area (Å²) in [5.74, 6) is 2.03. The van der Waals surface area contributed by atoms with Crippen molar-refractivity contribution in [2.75, 3.05) is 28.4 Å². The quantitative estimate of drug-likeness (QED) is 0.455. The summed E-state index contributed by atoms with van der Waals surface area (Å²) in [5.41, 5.74) is 1.55. The third kappa shape index (κ3) is 4.38. The highest BCUT2D eigenvalue weighted by Crippen LogP contribution is 2.38. The molecular formula is C19H20O7. The van der Waals surface area contributed by atoms with Gasteiger partial charge in [0.25, 0.3) is 0 Å². The molecule has 138 valence electrons. The lowest BCUT2D eigenvalue weighted by Gasteiger charge is -2.13. The summed E-state index contributed by atoms with van der Waals surface area (Å²) < 4.78 is 25.8. The maximum atomic E-state index is 10.8. The van der Waals surface area contributed by atoms with Gasteiger partial charge in [0.15, 0.2) is 23.0 Å². The molecule has 2 rings (SSSR count). The molecular weight excluding hydrogens is 340 g/mol. The lowest BCUT2D eigenvalue weighted by atomic mass is 10.1. The Kier molecular flexibility index (Phi) is 6.32. The lowest BCUT2D eigenvalue weighted by molar-refractivity contribution is 0.143. The van der Waals surface area contributed by atoms with Crippen molar-refractivity contribution in [1.29, 1.82) is 0 Å². The van der Waals surface area contributed by atoms with Gasteiger partial charge in [-0.1, -0.05) is 18.2 Å². The Bertz CT molecular complexity index is 787. The lowest BCUT2D eigenvalue weighted by Crippen LogP contribution is -2.04. The zero-order chi connectivity index (χ0) is 19.1. The molecule has 0 heterocycles. The van der Waals surface area contributed by atoms with Crippen LogP contribution in [0.15, 0.2) is 30.3 Å². The van der Waals surface area contributed by atoms with Crippen LogP contribution in [-0.2, 0) is 0 Å². The van der Waals surface area contributed by atoms with Crippen LogP contribution in [0.5, 0.6) is 28.7 Å². The van der Waals surface area contributed by atoms with E-state index in [-0.39, 0.29) is 5.75 Å². The fourth-order valence-electron chi connectivity index (χ4n) is 2.36. The molecule has 0 aliphatic rings. The molecule has 0 saturated heterocycles. The van der Waals surface area contributed by atoms with E-state index in [4.69, 9.17) is 28.8 Å². The third-order valence-electron chi connectivity index (χ3n) is 3.54. The van der Waals surface area contributed by atoms with Crippen molar-refractivity contribution < 1.29 is 33.6 Å². The molecule has 2 aromatic rings. The molecule has 2 aromatic carbocycles. The normalized spacial score (nSPS) is 10.5. The number of hydrogen-bond acceptors (Lipinski definition) is 6. The highest BCUT2D eigenvalue weighted by atomic mass is 16.7. The number of ether oxygens (including phenoxy) is 5. The SMILES string of the molecule is COc1ccc(/C=C\c2cc(OC)c(OC)c(OC)c2)cc1OC(=O)O. The molecule has 0 amide bonds. The van der Waals surface area contributed by atoms with Crippen molar-refractivity contribution in [2.45, 2.75) is 0 Å². The van der Waals surface area contributed by atoms with Crippen molar-refractivity contribution in [2.24, 2.45) is 0 Å². The third-order valence-corrected chi connectivity index (χ3v) is 3.54. The summed E-state index contributed by atoms with van der Waals surface area (Å²) in [6.07, 6.45) is 2.22. The molecule has 26 heavy (non-hydrogen) atoms. The van der Waals surface area contributed by atoms with Crippen molar-refractivity contribution in [3.8, 4) is 28.7 Å². The van der Waals surface area contributed by atoms with Gasteiger partial charge in [0.1, 0.15) is 0 Å². The van der Waals surface area contributed by atoms with E-state index >= 15 is 0 Å². The first-order valence-corrected chi connectivity index (χ1v) is 7.59. The second-order valence-corrected chi connectivity index (χ2v) is 5.07. The van der Waals surface area contributed by atoms with Crippen molar-refractivity contribution in [3.05, 3.63) is 41.5 Å². The Labute approximate surface area is 151 Å². The van der Waals surface area contributed by atoms with Crippen molar-refractivity contribution in [3.63, 3.8) is 0 Å². The van der Waals surface area contributed by atoms with E-state index in [1.807, 2.05) is 6.08 Å². The van der Waals surface area contributed by atoms with Crippen LogP contribution in [0, 0.1) is 0 Å². The summed E-state index contributed by atoms with van der Waals surface area (Å²) in [6.45, 7) is 0. The van der Waals surface area contributed by atoms with Crippen LogP contribution < -0.4 is 23.7 Å². The number of rotatable bonds is 7. The zero-order valence-electron chi connectivity index (χ0n) is 14.9. The van der Waals surface area contributed by atoms with Gasteiger partial charge in [-0.3, -0.25) is 0 Å². The zero-order valence-corrected chi connectivity index (χ0v) is 14.9. The van der Waals surface area contributed by atoms with Gasteiger partial charge in [0.05, 0.1) is 28.4 Å². The molecule has 0 aliphatic heterocycles. The molecule has 0 aromatic heterocycles. The molecule has 0 aliphatic carbocycles. The second-order valence-electron chi connectivity index (χ2n) is 5.07. The summed E-state index contributed by atoms with van der Waals surface area (Å²) in [7, 11) is 6.07. The minimum atomic E-state index is -1.41. The van der Waals surface area contributed by atoms with Gasteiger partial charge in [-0.05, 0) is 35.4 Å². The van der Waals surface area contributed by atoms with E-state index in [1.54, 1.807) is 50.6 Å². The average Bonchev–Trinajstić information content (AvgIpc) is 2.65. The summed E-state index contributed by atoms with van der Waals surface area (Å²) >= 11 is 0. The van der Waals surface area contributed by atoms with Gasteiger partial charge >= 0.3 is 6.16 Å². The number of carbonyl (C=O) groups is 1. The summed E-state index contributed by atoms with van der Waals surface area (Å²) in [4.78, 5) is 10.8. The van der Waals surface area contributed by atoms with Crippen LogP contribution in [0.25, 0.3) is 12.2 Å². The van der Waals surface area contributed by atoms with Gasteiger partial charge < -0.3 is 28.8 Å². The van der Waals surface area contributed by atoms with Crippen LogP contribution in [0.2, 0.25) is 0 Å². The fourth-order valence-corrected chi connectivity index (χ4v) is 2.36. The Hall–Kier alpha value is -3.35. The monoisotopic (exact) mass is 360 g/mol. The van der Waals surface area contributed by atoms with Crippen LogP contribution >= 0.6 is 0 Å². The smallest absolute Gasteiger partial charge is 0.493 e. The molecule has 0 saturated carbocycles. The fraction of sp³-hybridized carbons (Fsp3) is 0.211. The Morgan fingerprint density at radius 2 is 1.31 bits per heavy atom. The van der Waals surface area contributed by atoms with Crippen molar-refractivity contribution in [1.82, 2.24) is 0 Å². The van der Waals surface area contributed by atoms with Gasteiger partial charge in [-0.15, -0.1) is 0 Å². The molecule has 0 atom stereocenters. The maximum Gasteiger partial charge on any atom is 0.511 e. The van der Waals surface area contributed by atoms with Crippen LogP contribution in [0.4, 0.5) is 4.79 Å². The molecule has 0 unspecified atom stereocenters. The van der Waals surface area contributed by atoms with E-state index in [2.05, 4.69) is 0 Å².